The zero-order valence-electron chi connectivity index (χ0n) is 13.4. The van der Waals surface area contributed by atoms with Gasteiger partial charge in [0.05, 0.1) is 18.3 Å². The highest BCUT2D eigenvalue weighted by atomic mass is 19.4. The Hall–Kier alpha value is -2.03. The van der Waals surface area contributed by atoms with Gasteiger partial charge in [0.25, 0.3) is 0 Å². The first-order valence-electron chi connectivity index (χ1n) is 7.78. The fourth-order valence-corrected chi connectivity index (χ4v) is 2.28. The summed E-state index contributed by atoms with van der Waals surface area (Å²) in [6.45, 7) is 4.57. The number of amides is 2. The first kappa shape index (κ1) is 18.3. The first-order chi connectivity index (χ1) is 11.4. The van der Waals surface area contributed by atoms with Gasteiger partial charge in [-0.2, -0.15) is 13.2 Å². The highest BCUT2D eigenvalue weighted by Crippen LogP contribution is 2.28. The predicted molar refractivity (Wildman–Crippen MR) is 82.7 cm³/mol. The highest BCUT2D eigenvalue weighted by molar-refractivity contribution is 5.74. The standard InChI is InChI=1S/C15H21F3N4O2/c1-11-10-22(7-8-24-11)14(23)20-6-2-5-19-13-4-3-12(9-21-13)15(16,17)18/h3-4,9,11H,2,5-8,10H2,1H3,(H,19,21)(H,20,23)/t11-/m1/s1. The van der Waals surface area contributed by atoms with Crippen molar-refractivity contribution in [3.8, 4) is 0 Å². The number of nitrogens with one attached hydrogen (secondary N) is 2. The number of carbonyl (C=O) groups is 1. The minimum atomic E-state index is -4.38. The van der Waals surface area contributed by atoms with Gasteiger partial charge in [0.15, 0.2) is 0 Å². The number of carbonyl (C=O) groups excluding carboxylic acids is 1. The largest absolute Gasteiger partial charge is 0.417 e. The number of halogens is 3. The third-order valence-electron chi connectivity index (χ3n) is 3.55. The summed E-state index contributed by atoms with van der Waals surface area (Å²) in [5, 5.41) is 5.73. The van der Waals surface area contributed by atoms with Crippen LogP contribution in [-0.4, -0.2) is 54.8 Å². The molecule has 0 unspecified atom stereocenters. The number of rotatable bonds is 5. The Morgan fingerprint density at radius 1 is 1.42 bits per heavy atom. The number of hydrogen-bond donors (Lipinski definition) is 2. The van der Waals surface area contributed by atoms with Gasteiger partial charge in [0, 0.05) is 32.4 Å². The van der Waals surface area contributed by atoms with Gasteiger partial charge in [-0.1, -0.05) is 0 Å². The van der Waals surface area contributed by atoms with Crippen molar-refractivity contribution in [2.75, 3.05) is 38.1 Å². The number of anilines is 1. The van der Waals surface area contributed by atoms with E-state index >= 15 is 0 Å². The van der Waals surface area contributed by atoms with Crippen LogP contribution in [0.5, 0.6) is 0 Å². The van der Waals surface area contributed by atoms with Gasteiger partial charge >= 0.3 is 12.2 Å². The van der Waals surface area contributed by atoms with Crippen molar-refractivity contribution >= 4 is 11.8 Å². The van der Waals surface area contributed by atoms with E-state index in [0.717, 1.165) is 12.3 Å². The fraction of sp³-hybridized carbons (Fsp3) is 0.600. The molecule has 1 fully saturated rings. The lowest BCUT2D eigenvalue weighted by Crippen LogP contribution is -2.49. The minimum absolute atomic E-state index is 0.0388. The van der Waals surface area contributed by atoms with E-state index in [9.17, 15) is 18.0 Å². The van der Waals surface area contributed by atoms with Crippen molar-refractivity contribution < 1.29 is 22.7 Å². The number of alkyl halides is 3. The Morgan fingerprint density at radius 3 is 2.83 bits per heavy atom. The lowest BCUT2D eigenvalue weighted by Gasteiger charge is -2.31. The predicted octanol–water partition coefficient (Wildman–Crippen LogP) is 2.33. The summed E-state index contributed by atoms with van der Waals surface area (Å²) in [7, 11) is 0. The van der Waals surface area contributed by atoms with Crippen LogP contribution in [0.2, 0.25) is 0 Å². The van der Waals surface area contributed by atoms with E-state index in [1.165, 1.54) is 6.07 Å². The van der Waals surface area contributed by atoms with Gasteiger partial charge in [0.1, 0.15) is 5.82 Å². The monoisotopic (exact) mass is 346 g/mol. The topological polar surface area (TPSA) is 66.5 Å². The summed E-state index contributed by atoms with van der Waals surface area (Å²) in [5.41, 5.74) is -0.778. The maximum Gasteiger partial charge on any atom is 0.417 e. The second-order valence-electron chi connectivity index (χ2n) is 5.57. The van der Waals surface area contributed by atoms with E-state index in [4.69, 9.17) is 4.74 Å². The molecule has 6 nitrogen and oxygen atoms in total. The first-order valence-corrected chi connectivity index (χ1v) is 7.78. The third-order valence-corrected chi connectivity index (χ3v) is 3.55. The van der Waals surface area contributed by atoms with Crippen molar-refractivity contribution in [3.05, 3.63) is 23.9 Å². The summed E-state index contributed by atoms with van der Waals surface area (Å²) in [6, 6.07) is 2.14. The molecule has 1 atom stereocenters. The Bertz CT molecular complexity index is 537. The Morgan fingerprint density at radius 2 is 2.21 bits per heavy atom. The van der Waals surface area contributed by atoms with Gasteiger partial charge in [-0.25, -0.2) is 9.78 Å². The molecule has 2 amide bonds. The molecule has 0 saturated carbocycles. The van der Waals surface area contributed by atoms with Crippen molar-refractivity contribution in [1.82, 2.24) is 15.2 Å². The molecule has 134 valence electrons. The Kier molecular flexibility index (Phi) is 6.24. The highest BCUT2D eigenvalue weighted by Gasteiger charge is 2.30. The van der Waals surface area contributed by atoms with Crippen LogP contribution in [0.4, 0.5) is 23.8 Å². The van der Waals surface area contributed by atoms with Crippen LogP contribution in [0.15, 0.2) is 18.3 Å². The molecule has 0 radical (unpaired) electrons. The van der Waals surface area contributed by atoms with Crippen LogP contribution in [0.1, 0.15) is 18.9 Å². The smallest absolute Gasteiger partial charge is 0.375 e. The van der Waals surface area contributed by atoms with Crippen LogP contribution < -0.4 is 10.6 Å². The van der Waals surface area contributed by atoms with E-state index in [1.807, 2.05) is 6.92 Å². The van der Waals surface area contributed by atoms with Crippen molar-refractivity contribution in [2.45, 2.75) is 25.6 Å². The molecule has 1 aliphatic heterocycles. The summed E-state index contributed by atoms with van der Waals surface area (Å²) in [4.78, 5) is 17.4. The molecule has 24 heavy (non-hydrogen) atoms. The summed E-state index contributed by atoms with van der Waals surface area (Å²) in [5.74, 6) is 0.372. The average Bonchev–Trinajstić information content (AvgIpc) is 2.54. The fourth-order valence-electron chi connectivity index (χ4n) is 2.28. The second kappa shape index (κ2) is 8.18. The van der Waals surface area contributed by atoms with Crippen LogP contribution in [0, 0.1) is 0 Å². The van der Waals surface area contributed by atoms with Crippen LogP contribution in [0.25, 0.3) is 0 Å². The van der Waals surface area contributed by atoms with E-state index in [0.29, 0.717) is 45.0 Å². The molecule has 0 bridgehead atoms. The number of pyridine rings is 1. The third kappa shape index (κ3) is 5.55. The quantitative estimate of drug-likeness (QED) is 0.803. The molecule has 0 spiro atoms. The molecule has 2 heterocycles. The Balaban J connectivity index is 1.63. The van der Waals surface area contributed by atoms with Crippen LogP contribution in [0.3, 0.4) is 0 Å². The summed E-state index contributed by atoms with van der Waals surface area (Å²) < 4.78 is 42.6. The normalized spacial score (nSPS) is 18.3. The van der Waals surface area contributed by atoms with Crippen molar-refractivity contribution in [3.63, 3.8) is 0 Å². The molecule has 0 aliphatic carbocycles. The van der Waals surface area contributed by atoms with Crippen LogP contribution in [-0.2, 0) is 10.9 Å². The van der Waals surface area contributed by atoms with Crippen molar-refractivity contribution in [2.24, 2.45) is 0 Å². The van der Waals surface area contributed by atoms with Gasteiger partial charge < -0.3 is 20.3 Å². The van der Waals surface area contributed by atoms with Gasteiger partial charge in [-0.15, -0.1) is 0 Å². The van der Waals surface area contributed by atoms with Gasteiger partial charge in [-0.3, -0.25) is 0 Å². The van der Waals surface area contributed by atoms with E-state index in [1.54, 1.807) is 4.90 Å². The SMILES string of the molecule is C[C@@H]1CN(C(=O)NCCCNc2ccc(C(F)(F)F)cn2)CCO1. The summed E-state index contributed by atoms with van der Waals surface area (Å²) >= 11 is 0. The number of aromatic nitrogens is 1. The zero-order valence-corrected chi connectivity index (χ0v) is 13.4. The van der Waals surface area contributed by atoms with Gasteiger partial charge in [-0.05, 0) is 25.5 Å². The number of urea groups is 1. The molecule has 1 aromatic rings. The molecule has 1 aliphatic rings. The Labute approximate surface area is 138 Å². The maximum atomic E-state index is 12.4. The number of morpholine rings is 1. The van der Waals surface area contributed by atoms with E-state index in [-0.39, 0.29) is 12.1 Å². The second-order valence-corrected chi connectivity index (χ2v) is 5.57. The lowest BCUT2D eigenvalue weighted by atomic mass is 10.3. The van der Waals surface area contributed by atoms with E-state index in [2.05, 4.69) is 15.6 Å². The lowest BCUT2D eigenvalue weighted by molar-refractivity contribution is -0.137. The molecule has 9 heteroatoms. The summed E-state index contributed by atoms with van der Waals surface area (Å²) in [6.07, 6.45) is -2.91. The molecule has 0 aromatic carbocycles. The van der Waals surface area contributed by atoms with Gasteiger partial charge in [0.2, 0.25) is 0 Å². The van der Waals surface area contributed by atoms with E-state index < -0.39 is 11.7 Å². The number of ether oxygens (including phenoxy) is 1. The molecular weight excluding hydrogens is 325 g/mol. The number of hydrogen-bond acceptors (Lipinski definition) is 4. The minimum Gasteiger partial charge on any atom is -0.375 e. The average molecular weight is 346 g/mol. The van der Waals surface area contributed by atoms with Crippen LogP contribution >= 0.6 is 0 Å². The molecule has 2 N–H and O–H groups in total. The van der Waals surface area contributed by atoms with Crippen molar-refractivity contribution in [1.29, 1.82) is 0 Å². The molecular formula is C15H21F3N4O2. The zero-order chi connectivity index (χ0) is 17.6. The maximum absolute atomic E-state index is 12.4. The molecule has 1 aromatic heterocycles. The molecule has 1 saturated heterocycles. The number of nitrogens with zero attached hydrogens (tertiary/aromatic N) is 2. The molecule has 2 rings (SSSR count).